The molecule has 1 atom stereocenters. The molecule has 1 saturated heterocycles. The van der Waals surface area contributed by atoms with Gasteiger partial charge in [-0.2, -0.15) is 0 Å². The maximum Gasteiger partial charge on any atom is 0.0541 e. The van der Waals surface area contributed by atoms with Crippen LogP contribution in [0, 0.1) is 5.92 Å². The number of pyridine rings is 1. The van der Waals surface area contributed by atoms with Gasteiger partial charge >= 0.3 is 0 Å². The van der Waals surface area contributed by atoms with Gasteiger partial charge in [0.25, 0.3) is 0 Å². The average molecular weight is 220 g/mol. The smallest absolute Gasteiger partial charge is 0.0541 e. The molecule has 1 aliphatic heterocycles. The third kappa shape index (κ3) is 3.03. The standard InChI is InChI=1S/C13H20N2O/c1-11(16)13-4-8-15(9-5-13)10-12-2-6-14-7-3-12/h2-3,6-7,11,13,16H,4-5,8-10H2,1H3. The minimum absolute atomic E-state index is 0.150. The number of hydrogen-bond acceptors (Lipinski definition) is 3. The monoisotopic (exact) mass is 220 g/mol. The molecule has 1 aliphatic rings. The van der Waals surface area contributed by atoms with Gasteiger partial charge in [-0.05, 0) is 56.5 Å². The Morgan fingerprint density at radius 2 is 2.00 bits per heavy atom. The number of nitrogens with zero attached hydrogens (tertiary/aromatic N) is 2. The van der Waals surface area contributed by atoms with Crippen molar-refractivity contribution in [3.63, 3.8) is 0 Å². The Kier molecular flexibility index (Phi) is 3.91. The van der Waals surface area contributed by atoms with E-state index in [2.05, 4.69) is 22.0 Å². The second kappa shape index (κ2) is 5.41. The largest absolute Gasteiger partial charge is 0.393 e. The molecular weight excluding hydrogens is 200 g/mol. The van der Waals surface area contributed by atoms with Crippen molar-refractivity contribution in [3.05, 3.63) is 30.1 Å². The highest BCUT2D eigenvalue weighted by Crippen LogP contribution is 2.21. The summed E-state index contributed by atoms with van der Waals surface area (Å²) in [6, 6.07) is 4.14. The van der Waals surface area contributed by atoms with Crippen LogP contribution in [0.1, 0.15) is 25.3 Å². The Morgan fingerprint density at radius 1 is 1.38 bits per heavy atom. The highest BCUT2D eigenvalue weighted by molar-refractivity contribution is 5.09. The van der Waals surface area contributed by atoms with E-state index in [1.807, 2.05) is 19.3 Å². The van der Waals surface area contributed by atoms with Crippen LogP contribution in [-0.4, -0.2) is 34.2 Å². The topological polar surface area (TPSA) is 36.4 Å². The molecule has 3 heteroatoms. The van der Waals surface area contributed by atoms with Crippen LogP contribution in [0.4, 0.5) is 0 Å². The highest BCUT2D eigenvalue weighted by atomic mass is 16.3. The summed E-state index contributed by atoms with van der Waals surface area (Å²) in [5.41, 5.74) is 1.32. The summed E-state index contributed by atoms with van der Waals surface area (Å²) in [5.74, 6) is 0.494. The third-order valence-corrected chi connectivity index (χ3v) is 3.47. The lowest BCUT2D eigenvalue weighted by Gasteiger charge is -2.33. The van der Waals surface area contributed by atoms with Crippen molar-refractivity contribution in [2.45, 2.75) is 32.4 Å². The first kappa shape index (κ1) is 11.6. The van der Waals surface area contributed by atoms with E-state index in [1.165, 1.54) is 5.56 Å². The Hall–Kier alpha value is -0.930. The van der Waals surface area contributed by atoms with E-state index < -0.39 is 0 Å². The Labute approximate surface area is 97.1 Å². The minimum atomic E-state index is -0.150. The number of aromatic nitrogens is 1. The van der Waals surface area contributed by atoms with Gasteiger partial charge in [-0.25, -0.2) is 0 Å². The molecule has 88 valence electrons. The molecule has 2 rings (SSSR count). The average Bonchev–Trinajstić information content (AvgIpc) is 2.31. The number of rotatable bonds is 3. The molecule has 0 amide bonds. The van der Waals surface area contributed by atoms with E-state index in [1.54, 1.807) is 0 Å². The van der Waals surface area contributed by atoms with Gasteiger partial charge in [-0.15, -0.1) is 0 Å². The normalized spacial score (nSPS) is 20.9. The zero-order chi connectivity index (χ0) is 11.4. The van der Waals surface area contributed by atoms with Gasteiger partial charge in [0.2, 0.25) is 0 Å². The second-order valence-electron chi connectivity index (χ2n) is 4.71. The molecule has 1 fully saturated rings. The SMILES string of the molecule is CC(O)C1CCN(Cc2ccncc2)CC1. The summed E-state index contributed by atoms with van der Waals surface area (Å²) in [4.78, 5) is 6.47. The zero-order valence-electron chi connectivity index (χ0n) is 9.84. The summed E-state index contributed by atoms with van der Waals surface area (Å²) >= 11 is 0. The Balaban J connectivity index is 1.82. The molecule has 1 aromatic rings. The van der Waals surface area contributed by atoms with Crippen molar-refractivity contribution in [2.24, 2.45) is 5.92 Å². The zero-order valence-corrected chi connectivity index (χ0v) is 9.84. The first-order valence-corrected chi connectivity index (χ1v) is 6.05. The van der Waals surface area contributed by atoms with Crippen molar-refractivity contribution in [2.75, 3.05) is 13.1 Å². The van der Waals surface area contributed by atoms with Gasteiger partial charge in [0.05, 0.1) is 6.10 Å². The van der Waals surface area contributed by atoms with E-state index in [4.69, 9.17) is 0 Å². The predicted molar refractivity (Wildman–Crippen MR) is 63.9 cm³/mol. The molecule has 1 unspecified atom stereocenters. The summed E-state index contributed by atoms with van der Waals surface area (Å²) in [6.45, 7) is 5.11. The molecule has 3 nitrogen and oxygen atoms in total. The van der Waals surface area contributed by atoms with E-state index in [9.17, 15) is 5.11 Å². The van der Waals surface area contributed by atoms with Crippen LogP contribution in [0.2, 0.25) is 0 Å². The van der Waals surface area contributed by atoms with E-state index in [0.717, 1.165) is 32.5 Å². The molecule has 0 aliphatic carbocycles. The molecule has 0 aromatic carbocycles. The number of hydrogen-bond donors (Lipinski definition) is 1. The van der Waals surface area contributed by atoms with Crippen LogP contribution in [0.15, 0.2) is 24.5 Å². The maximum absolute atomic E-state index is 9.53. The van der Waals surface area contributed by atoms with Gasteiger partial charge in [0.15, 0.2) is 0 Å². The minimum Gasteiger partial charge on any atom is -0.393 e. The van der Waals surface area contributed by atoms with Crippen LogP contribution in [0.3, 0.4) is 0 Å². The highest BCUT2D eigenvalue weighted by Gasteiger charge is 2.22. The number of likely N-dealkylation sites (tertiary alicyclic amines) is 1. The Morgan fingerprint density at radius 3 is 2.56 bits per heavy atom. The van der Waals surface area contributed by atoms with Crippen molar-refractivity contribution < 1.29 is 5.11 Å². The molecule has 0 spiro atoms. The van der Waals surface area contributed by atoms with Crippen molar-refractivity contribution in [1.82, 2.24) is 9.88 Å². The summed E-state index contributed by atoms with van der Waals surface area (Å²) < 4.78 is 0. The van der Waals surface area contributed by atoms with E-state index in [0.29, 0.717) is 5.92 Å². The van der Waals surface area contributed by atoms with Gasteiger partial charge in [0, 0.05) is 18.9 Å². The van der Waals surface area contributed by atoms with Crippen LogP contribution < -0.4 is 0 Å². The molecule has 0 saturated carbocycles. The molecule has 1 N–H and O–H groups in total. The molecule has 1 aromatic heterocycles. The van der Waals surface area contributed by atoms with E-state index in [-0.39, 0.29) is 6.10 Å². The number of aliphatic hydroxyl groups is 1. The van der Waals surface area contributed by atoms with Gasteiger partial charge < -0.3 is 5.11 Å². The summed E-state index contributed by atoms with van der Waals surface area (Å²) in [7, 11) is 0. The first-order chi connectivity index (χ1) is 7.75. The molecule has 16 heavy (non-hydrogen) atoms. The van der Waals surface area contributed by atoms with Gasteiger partial charge in [-0.1, -0.05) is 0 Å². The quantitative estimate of drug-likeness (QED) is 0.842. The lowest BCUT2D eigenvalue weighted by Crippen LogP contribution is -2.36. The summed E-state index contributed by atoms with van der Waals surface area (Å²) in [6.07, 6.45) is 5.77. The fraction of sp³-hybridized carbons (Fsp3) is 0.615. The predicted octanol–water partition coefficient (Wildman–Crippen LogP) is 1.67. The first-order valence-electron chi connectivity index (χ1n) is 6.05. The Bertz CT molecular complexity index is 305. The third-order valence-electron chi connectivity index (χ3n) is 3.47. The van der Waals surface area contributed by atoms with Gasteiger partial charge in [0.1, 0.15) is 0 Å². The molecule has 0 bridgehead atoms. The van der Waals surface area contributed by atoms with Gasteiger partial charge in [-0.3, -0.25) is 9.88 Å². The molecule has 2 heterocycles. The molecular formula is C13H20N2O. The van der Waals surface area contributed by atoms with Crippen LogP contribution in [-0.2, 0) is 6.54 Å². The second-order valence-corrected chi connectivity index (χ2v) is 4.71. The van der Waals surface area contributed by atoms with Crippen LogP contribution in [0.25, 0.3) is 0 Å². The van der Waals surface area contributed by atoms with Crippen molar-refractivity contribution in [3.8, 4) is 0 Å². The fourth-order valence-electron chi connectivity index (χ4n) is 2.34. The van der Waals surface area contributed by atoms with Crippen molar-refractivity contribution >= 4 is 0 Å². The lowest BCUT2D eigenvalue weighted by atomic mass is 9.92. The maximum atomic E-state index is 9.53. The van der Waals surface area contributed by atoms with Crippen LogP contribution >= 0.6 is 0 Å². The van der Waals surface area contributed by atoms with Crippen molar-refractivity contribution in [1.29, 1.82) is 0 Å². The fourth-order valence-corrected chi connectivity index (χ4v) is 2.34. The number of aliphatic hydroxyl groups excluding tert-OH is 1. The van der Waals surface area contributed by atoms with Crippen LogP contribution in [0.5, 0.6) is 0 Å². The van der Waals surface area contributed by atoms with E-state index >= 15 is 0 Å². The molecule has 0 radical (unpaired) electrons. The summed E-state index contributed by atoms with van der Waals surface area (Å²) in [5, 5.41) is 9.53. The number of piperidine rings is 1. The lowest BCUT2D eigenvalue weighted by molar-refractivity contribution is 0.0695.